The van der Waals surface area contributed by atoms with Crippen LogP contribution in [0.3, 0.4) is 0 Å². The third kappa shape index (κ3) is 5.71. The van der Waals surface area contributed by atoms with Crippen LogP contribution in [0.15, 0.2) is 54.3 Å². The Kier molecular flexibility index (Phi) is 7.00. The highest BCUT2D eigenvalue weighted by atomic mass is 16.6. The van der Waals surface area contributed by atoms with Crippen molar-refractivity contribution < 1.29 is 9.53 Å². The molecule has 0 atom stereocenters. The summed E-state index contributed by atoms with van der Waals surface area (Å²) in [6.45, 7) is 12.5. The van der Waals surface area contributed by atoms with E-state index in [9.17, 15) is 4.79 Å². The highest BCUT2D eigenvalue weighted by Gasteiger charge is 2.26. The zero-order valence-electron chi connectivity index (χ0n) is 22.1. The fourth-order valence-corrected chi connectivity index (χ4v) is 5.13. The summed E-state index contributed by atoms with van der Waals surface area (Å²) in [5, 5.41) is 0. The normalized spacial score (nSPS) is 19.1. The quantitative estimate of drug-likeness (QED) is 0.609. The molecule has 0 N–H and O–H groups in total. The van der Waals surface area contributed by atoms with Gasteiger partial charge in [-0.1, -0.05) is 36.4 Å². The second-order valence-corrected chi connectivity index (χ2v) is 11.2. The molecule has 190 valence electrons. The van der Waals surface area contributed by atoms with Crippen LogP contribution in [0.5, 0.6) is 0 Å². The average molecular weight is 487 g/mol. The number of rotatable bonds is 4. The topological polar surface area (TPSA) is 48.9 Å². The molecule has 6 nitrogen and oxygen atoms in total. The van der Waals surface area contributed by atoms with Gasteiger partial charge in [-0.3, -0.25) is 9.88 Å². The Balaban J connectivity index is 1.26. The first-order valence-corrected chi connectivity index (χ1v) is 13.1. The molecule has 1 aromatic carbocycles. The maximum Gasteiger partial charge on any atom is 0.410 e. The second kappa shape index (κ2) is 10.2. The summed E-state index contributed by atoms with van der Waals surface area (Å²) in [5.41, 5.74) is 8.18. The molecule has 2 aliphatic heterocycles. The standard InChI is InChI=1S/C30H38N4O2/c1-30(2,3)36-29(35)34-13-11-24(12-14-34)26-9-10-28-27(26)19-25(20-31-28)23-7-5-22(6-8-23)21-33-17-15-32(4)16-18-33/h5-9,11,19-20H,10,12-18,21H2,1-4H3. The molecule has 0 unspecified atom stereocenters. The lowest BCUT2D eigenvalue weighted by Gasteiger charge is -2.32. The van der Waals surface area contributed by atoms with Crippen LogP contribution in [-0.2, 0) is 17.7 Å². The van der Waals surface area contributed by atoms with Crippen molar-refractivity contribution in [2.45, 2.75) is 45.8 Å². The van der Waals surface area contributed by atoms with E-state index >= 15 is 0 Å². The minimum atomic E-state index is -0.473. The molecule has 1 saturated heterocycles. The van der Waals surface area contributed by atoms with Gasteiger partial charge in [0.05, 0.1) is 5.69 Å². The van der Waals surface area contributed by atoms with Gasteiger partial charge in [0.25, 0.3) is 0 Å². The van der Waals surface area contributed by atoms with Crippen LogP contribution in [0.2, 0.25) is 0 Å². The van der Waals surface area contributed by atoms with Crippen LogP contribution >= 0.6 is 0 Å². The number of nitrogens with zero attached hydrogens (tertiary/aromatic N) is 4. The van der Waals surface area contributed by atoms with Gasteiger partial charge in [-0.25, -0.2) is 4.79 Å². The summed E-state index contributed by atoms with van der Waals surface area (Å²) in [4.78, 5) is 24.0. The predicted molar refractivity (Wildman–Crippen MR) is 145 cm³/mol. The second-order valence-electron chi connectivity index (χ2n) is 11.2. The van der Waals surface area contributed by atoms with Gasteiger partial charge in [0, 0.05) is 69.6 Å². The molecule has 0 saturated carbocycles. The molecular formula is C30H38N4O2. The Morgan fingerprint density at radius 1 is 1.00 bits per heavy atom. The average Bonchev–Trinajstić information content (AvgIpc) is 3.28. The van der Waals surface area contributed by atoms with E-state index in [4.69, 9.17) is 9.72 Å². The smallest absolute Gasteiger partial charge is 0.410 e. The molecule has 36 heavy (non-hydrogen) atoms. The summed E-state index contributed by atoms with van der Waals surface area (Å²) in [7, 11) is 2.20. The molecule has 5 rings (SSSR count). The van der Waals surface area contributed by atoms with E-state index in [1.807, 2.05) is 27.0 Å². The van der Waals surface area contributed by atoms with Gasteiger partial charge >= 0.3 is 6.09 Å². The third-order valence-electron chi connectivity index (χ3n) is 7.26. The number of amides is 1. The molecule has 1 aliphatic carbocycles. The largest absolute Gasteiger partial charge is 0.444 e. The molecular weight excluding hydrogens is 448 g/mol. The van der Waals surface area contributed by atoms with E-state index < -0.39 is 5.60 Å². The number of fused-ring (bicyclic) bond motifs is 1. The van der Waals surface area contributed by atoms with Gasteiger partial charge in [0.2, 0.25) is 0 Å². The van der Waals surface area contributed by atoms with Crippen molar-refractivity contribution >= 4 is 11.7 Å². The molecule has 1 aromatic heterocycles. The lowest BCUT2D eigenvalue weighted by molar-refractivity contribution is 0.0267. The fourth-order valence-electron chi connectivity index (χ4n) is 5.13. The van der Waals surface area contributed by atoms with Gasteiger partial charge < -0.3 is 14.5 Å². The van der Waals surface area contributed by atoms with E-state index in [-0.39, 0.29) is 6.09 Å². The Morgan fingerprint density at radius 3 is 2.42 bits per heavy atom. The highest BCUT2D eigenvalue weighted by Crippen LogP contribution is 2.37. The Hall–Kier alpha value is -2.96. The summed E-state index contributed by atoms with van der Waals surface area (Å²) in [6.07, 6.45) is 7.92. The summed E-state index contributed by atoms with van der Waals surface area (Å²) < 4.78 is 5.54. The molecule has 1 fully saturated rings. The van der Waals surface area contributed by atoms with Crippen molar-refractivity contribution in [2.24, 2.45) is 0 Å². The van der Waals surface area contributed by atoms with Crippen LogP contribution in [0.4, 0.5) is 4.79 Å². The molecule has 6 heteroatoms. The molecule has 3 aliphatic rings. The number of ether oxygens (including phenoxy) is 1. The number of allylic oxidation sites excluding steroid dienone is 2. The first-order chi connectivity index (χ1) is 17.2. The number of hydrogen-bond acceptors (Lipinski definition) is 5. The number of aromatic nitrogens is 1. The Morgan fingerprint density at radius 2 is 1.75 bits per heavy atom. The van der Waals surface area contributed by atoms with Gasteiger partial charge in [0.1, 0.15) is 5.60 Å². The fraction of sp³-hybridized carbons (Fsp3) is 0.467. The number of likely N-dealkylation sites (N-methyl/N-ethyl adjacent to an activating group) is 1. The van der Waals surface area contributed by atoms with Crippen LogP contribution < -0.4 is 0 Å². The van der Waals surface area contributed by atoms with E-state index in [0.717, 1.165) is 56.8 Å². The van der Waals surface area contributed by atoms with Gasteiger partial charge in [-0.2, -0.15) is 0 Å². The number of carbonyl (C=O) groups is 1. The SMILES string of the molecule is CN1CCN(Cc2ccc(-c3cnc4c(c3)C(C3=CCN(C(=O)OC(C)(C)C)CC3)=CC4)cc2)CC1. The lowest BCUT2D eigenvalue weighted by atomic mass is 9.94. The number of pyridine rings is 1. The molecule has 0 spiro atoms. The first kappa shape index (κ1) is 24.7. The van der Waals surface area contributed by atoms with E-state index in [1.165, 1.54) is 27.8 Å². The Bertz CT molecular complexity index is 1170. The first-order valence-electron chi connectivity index (χ1n) is 13.1. The third-order valence-corrected chi connectivity index (χ3v) is 7.26. The minimum absolute atomic E-state index is 0.237. The maximum atomic E-state index is 12.4. The number of hydrogen-bond donors (Lipinski definition) is 0. The predicted octanol–water partition coefficient (Wildman–Crippen LogP) is 5.00. The van der Waals surface area contributed by atoms with Crippen LogP contribution in [-0.4, -0.2) is 77.7 Å². The van der Waals surface area contributed by atoms with Gasteiger partial charge in [-0.15, -0.1) is 0 Å². The summed E-state index contributed by atoms with van der Waals surface area (Å²) >= 11 is 0. The van der Waals surface area contributed by atoms with E-state index in [0.29, 0.717) is 13.1 Å². The van der Waals surface area contributed by atoms with Crippen LogP contribution in [0.25, 0.3) is 16.7 Å². The minimum Gasteiger partial charge on any atom is -0.444 e. The molecule has 2 aromatic rings. The summed E-state index contributed by atoms with van der Waals surface area (Å²) in [5.74, 6) is 0. The Labute approximate surface area is 215 Å². The summed E-state index contributed by atoms with van der Waals surface area (Å²) in [6, 6.07) is 11.3. The van der Waals surface area contributed by atoms with Crippen molar-refractivity contribution in [3.05, 3.63) is 71.1 Å². The van der Waals surface area contributed by atoms with Crippen molar-refractivity contribution in [3.63, 3.8) is 0 Å². The highest BCUT2D eigenvalue weighted by molar-refractivity contribution is 5.86. The monoisotopic (exact) mass is 486 g/mol. The van der Waals surface area contributed by atoms with Crippen LogP contribution in [0.1, 0.15) is 44.0 Å². The zero-order chi connectivity index (χ0) is 25.3. The van der Waals surface area contributed by atoms with Gasteiger partial charge in [-0.05, 0) is 62.6 Å². The number of piperazine rings is 1. The van der Waals surface area contributed by atoms with Crippen molar-refractivity contribution in [1.82, 2.24) is 19.7 Å². The molecule has 3 heterocycles. The van der Waals surface area contributed by atoms with Crippen LogP contribution in [0, 0.1) is 0 Å². The number of benzene rings is 1. The van der Waals surface area contributed by atoms with Crippen molar-refractivity contribution in [2.75, 3.05) is 46.3 Å². The molecule has 0 radical (unpaired) electrons. The molecule has 0 bridgehead atoms. The van der Waals surface area contributed by atoms with E-state index in [1.54, 1.807) is 4.90 Å². The van der Waals surface area contributed by atoms with Gasteiger partial charge in [0.15, 0.2) is 0 Å². The number of carbonyl (C=O) groups excluding carboxylic acids is 1. The zero-order valence-corrected chi connectivity index (χ0v) is 22.1. The maximum absolute atomic E-state index is 12.4. The van der Waals surface area contributed by atoms with E-state index in [2.05, 4.69) is 59.3 Å². The van der Waals surface area contributed by atoms with Crippen molar-refractivity contribution in [1.29, 1.82) is 0 Å². The lowest BCUT2D eigenvalue weighted by Crippen LogP contribution is -2.43. The molecule has 1 amide bonds. The van der Waals surface area contributed by atoms with Crippen molar-refractivity contribution in [3.8, 4) is 11.1 Å².